The highest BCUT2D eigenvalue weighted by Crippen LogP contribution is 2.43. The molecule has 0 radical (unpaired) electrons. The summed E-state index contributed by atoms with van der Waals surface area (Å²) >= 11 is 0. The van der Waals surface area contributed by atoms with Crippen molar-refractivity contribution in [3.05, 3.63) is 36.5 Å². The molecule has 0 aliphatic carbocycles. The molecular weight excluding hydrogens is 695 g/mol. The maximum absolute atomic E-state index is 12.7. The molecule has 8 nitrogen and oxygen atoms in total. The monoisotopic (exact) mass is 784 g/mol. The fourth-order valence-corrected chi connectivity index (χ4v) is 7.02. The van der Waals surface area contributed by atoms with Gasteiger partial charge in [0.2, 0.25) is 5.91 Å². The van der Waals surface area contributed by atoms with Crippen molar-refractivity contribution in [1.29, 1.82) is 0 Å². The lowest BCUT2D eigenvalue weighted by Crippen LogP contribution is -2.46. The number of aliphatic hydroxyl groups excluding tert-OH is 1. The number of allylic oxidation sites excluding steroid dienone is 6. The zero-order valence-electron chi connectivity index (χ0n) is 36.0. The Labute approximate surface area is 334 Å². The maximum Gasteiger partial charge on any atom is 0.472 e. The third kappa shape index (κ3) is 39.0. The van der Waals surface area contributed by atoms with E-state index in [0.29, 0.717) is 23.9 Å². The van der Waals surface area contributed by atoms with Crippen molar-refractivity contribution in [2.24, 2.45) is 0 Å². The molecule has 3 unspecified atom stereocenters. The molecule has 0 heterocycles. The number of quaternary nitrogens is 1. The molecule has 318 valence electrons. The fourth-order valence-electron chi connectivity index (χ4n) is 6.29. The van der Waals surface area contributed by atoms with Gasteiger partial charge >= 0.3 is 7.82 Å². The first-order valence-corrected chi connectivity index (χ1v) is 23.8. The number of hydrogen-bond donors (Lipinski definition) is 3. The van der Waals surface area contributed by atoms with Gasteiger partial charge in [0.05, 0.1) is 39.9 Å². The third-order valence-electron chi connectivity index (χ3n) is 9.89. The highest BCUT2D eigenvalue weighted by molar-refractivity contribution is 7.47. The van der Waals surface area contributed by atoms with E-state index in [0.717, 1.165) is 51.4 Å². The van der Waals surface area contributed by atoms with Crippen molar-refractivity contribution in [2.75, 3.05) is 40.9 Å². The summed E-state index contributed by atoms with van der Waals surface area (Å²) in [6.45, 7) is 4.70. The number of likely N-dealkylation sites (N-methyl/N-ethyl adjacent to an activating group) is 1. The van der Waals surface area contributed by atoms with Crippen molar-refractivity contribution >= 4 is 13.7 Å². The number of unbranched alkanes of at least 4 members (excludes halogenated alkanes) is 21. The number of hydrogen-bond acceptors (Lipinski definition) is 5. The van der Waals surface area contributed by atoms with E-state index < -0.39 is 20.0 Å². The predicted octanol–water partition coefficient (Wildman–Crippen LogP) is 12.3. The Bertz CT molecular complexity index is 980. The molecular formula is C45H88N2O6P+. The van der Waals surface area contributed by atoms with Crippen LogP contribution in [0.1, 0.15) is 194 Å². The van der Waals surface area contributed by atoms with Gasteiger partial charge in [-0.15, -0.1) is 0 Å². The Morgan fingerprint density at radius 3 is 1.54 bits per heavy atom. The number of rotatable bonds is 40. The molecule has 0 aromatic rings. The fraction of sp³-hybridized carbons (Fsp3) is 0.844. The Morgan fingerprint density at radius 2 is 1.06 bits per heavy atom. The normalized spacial score (nSPS) is 14.7. The number of nitrogens with zero attached hydrogens (tertiary/aromatic N) is 1. The SMILES string of the molecule is CCCCCCC/C=C\C/C=C\C/C=C\CCCCCCCCCCCCCCCCC(=O)NC(COP(=O)(O)OCC[N+](C)(C)C)C(O)CCCCC. The second-order valence-electron chi connectivity index (χ2n) is 16.4. The van der Waals surface area contributed by atoms with Gasteiger partial charge in [0.25, 0.3) is 0 Å². The van der Waals surface area contributed by atoms with Crippen molar-refractivity contribution < 1.29 is 32.9 Å². The third-order valence-corrected chi connectivity index (χ3v) is 10.9. The minimum absolute atomic E-state index is 0.0726. The number of amides is 1. The van der Waals surface area contributed by atoms with Crippen LogP contribution in [0.5, 0.6) is 0 Å². The molecule has 0 spiro atoms. The summed E-state index contributed by atoms with van der Waals surface area (Å²) in [6, 6.07) is -0.755. The van der Waals surface area contributed by atoms with E-state index in [2.05, 4.69) is 55.6 Å². The zero-order valence-corrected chi connectivity index (χ0v) is 36.9. The summed E-state index contributed by atoms with van der Waals surface area (Å²) < 4.78 is 23.3. The standard InChI is InChI=1S/C45H87N2O6P/c1-6-8-10-11-12-13-14-15-16-17-18-19-20-21-22-23-24-25-26-27-28-29-30-31-32-33-34-35-37-39-45(49)46-43(44(48)38-36-9-7-2)42-53-54(50,51)52-41-40-47(3,4)5/h14-15,17-18,20-21,43-44,48H,6-13,16,19,22-42H2,1-5H3,(H-,46,49,50,51)/p+1/b15-14-,18-17-,21-20-. The minimum atomic E-state index is -4.29. The summed E-state index contributed by atoms with van der Waals surface area (Å²) in [6.07, 6.45) is 45.6. The van der Waals surface area contributed by atoms with Gasteiger partial charge in [-0.25, -0.2) is 4.57 Å². The van der Waals surface area contributed by atoms with Crippen LogP contribution in [0.2, 0.25) is 0 Å². The van der Waals surface area contributed by atoms with Crippen LogP contribution in [0.3, 0.4) is 0 Å². The Balaban J connectivity index is 3.82. The molecule has 0 aliphatic rings. The molecule has 0 saturated carbocycles. The highest BCUT2D eigenvalue weighted by atomic mass is 31.2. The molecule has 0 saturated heterocycles. The van der Waals surface area contributed by atoms with Crippen molar-refractivity contribution in [1.82, 2.24) is 5.32 Å². The van der Waals surface area contributed by atoms with Gasteiger partial charge in [0.15, 0.2) is 0 Å². The molecule has 1 amide bonds. The maximum atomic E-state index is 12.7. The Morgan fingerprint density at radius 1 is 0.630 bits per heavy atom. The lowest BCUT2D eigenvalue weighted by Gasteiger charge is -2.26. The number of carbonyl (C=O) groups excluding carboxylic acids is 1. The van der Waals surface area contributed by atoms with E-state index in [1.807, 2.05) is 21.1 Å². The Hall–Kier alpha value is -1.28. The molecule has 0 bridgehead atoms. The van der Waals surface area contributed by atoms with Gasteiger partial charge in [-0.3, -0.25) is 13.8 Å². The van der Waals surface area contributed by atoms with Crippen molar-refractivity contribution in [3.63, 3.8) is 0 Å². The van der Waals surface area contributed by atoms with Gasteiger partial charge in [0, 0.05) is 6.42 Å². The average molecular weight is 784 g/mol. The largest absolute Gasteiger partial charge is 0.472 e. The topological polar surface area (TPSA) is 105 Å². The minimum Gasteiger partial charge on any atom is -0.391 e. The zero-order chi connectivity index (χ0) is 40.0. The van der Waals surface area contributed by atoms with E-state index in [1.54, 1.807) is 0 Å². The summed E-state index contributed by atoms with van der Waals surface area (Å²) in [5.74, 6) is -0.158. The van der Waals surface area contributed by atoms with Crippen LogP contribution in [-0.4, -0.2) is 73.4 Å². The van der Waals surface area contributed by atoms with Crippen LogP contribution in [0.15, 0.2) is 36.5 Å². The van der Waals surface area contributed by atoms with Gasteiger partial charge in [-0.2, -0.15) is 0 Å². The van der Waals surface area contributed by atoms with E-state index >= 15 is 0 Å². The quantitative estimate of drug-likeness (QED) is 0.0247. The van der Waals surface area contributed by atoms with Gasteiger partial charge in [-0.1, -0.05) is 172 Å². The molecule has 3 atom stereocenters. The van der Waals surface area contributed by atoms with E-state index in [-0.39, 0.29) is 19.1 Å². The van der Waals surface area contributed by atoms with Crippen LogP contribution < -0.4 is 5.32 Å². The van der Waals surface area contributed by atoms with Crippen molar-refractivity contribution in [2.45, 2.75) is 206 Å². The van der Waals surface area contributed by atoms with Gasteiger partial charge < -0.3 is 19.8 Å². The number of aliphatic hydroxyl groups is 1. The average Bonchev–Trinajstić information content (AvgIpc) is 3.12. The van der Waals surface area contributed by atoms with Crippen LogP contribution in [0.25, 0.3) is 0 Å². The molecule has 0 rings (SSSR count). The number of phosphoric acid groups is 1. The molecule has 54 heavy (non-hydrogen) atoms. The van der Waals surface area contributed by atoms with Crippen LogP contribution in [0, 0.1) is 0 Å². The predicted molar refractivity (Wildman–Crippen MR) is 231 cm³/mol. The second-order valence-corrected chi connectivity index (χ2v) is 17.9. The lowest BCUT2D eigenvalue weighted by atomic mass is 10.0. The highest BCUT2D eigenvalue weighted by Gasteiger charge is 2.28. The smallest absolute Gasteiger partial charge is 0.391 e. The van der Waals surface area contributed by atoms with Crippen molar-refractivity contribution in [3.8, 4) is 0 Å². The lowest BCUT2D eigenvalue weighted by molar-refractivity contribution is -0.870. The van der Waals surface area contributed by atoms with Crippen LogP contribution in [-0.2, 0) is 18.4 Å². The first-order valence-electron chi connectivity index (χ1n) is 22.4. The number of nitrogens with one attached hydrogen (secondary N) is 1. The van der Waals surface area contributed by atoms with E-state index in [9.17, 15) is 19.4 Å². The molecule has 0 fully saturated rings. The van der Waals surface area contributed by atoms with Gasteiger partial charge in [-0.05, 0) is 51.4 Å². The summed E-state index contributed by atoms with van der Waals surface area (Å²) in [7, 11) is 1.61. The van der Waals surface area contributed by atoms with Crippen LogP contribution in [0.4, 0.5) is 0 Å². The summed E-state index contributed by atoms with van der Waals surface area (Å²) in [4.78, 5) is 22.8. The molecule has 0 aromatic carbocycles. The van der Waals surface area contributed by atoms with Gasteiger partial charge in [0.1, 0.15) is 13.2 Å². The number of phosphoric ester groups is 1. The first kappa shape index (κ1) is 52.7. The van der Waals surface area contributed by atoms with E-state index in [1.165, 1.54) is 116 Å². The first-order chi connectivity index (χ1) is 26.0. The molecule has 0 aromatic heterocycles. The Kier molecular flexibility index (Phi) is 36.4. The molecule has 9 heteroatoms. The summed E-state index contributed by atoms with van der Waals surface area (Å²) in [5, 5.41) is 13.6. The van der Waals surface area contributed by atoms with Crippen LogP contribution >= 0.6 is 7.82 Å². The second kappa shape index (κ2) is 37.3. The summed E-state index contributed by atoms with van der Waals surface area (Å²) in [5.41, 5.74) is 0. The number of carbonyl (C=O) groups is 1. The molecule has 0 aliphatic heterocycles. The molecule has 3 N–H and O–H groups in total. The van der Waals surface area contributed by atoms with E-state index in [4.69, 9.17) is 9.05 Å².